The number of benzene rings is 1. The van der Waals surface area contributed by atoms with E-state index in [1.165, 1.54) is 39.9 Å². The van der Waals surface area contributed by atoms with Crippen molar-refractivity contribution >= 4 is 49.8 Å². The summed E-state index contributed by atoms with van der Waals surface area (Å²) >= 11 is 7.24. The Morgan fingerprint density at radius 2 is 1.91 bits per heavy atom. The molecule has 1 unspecified atom stereocenters. The van der Waals surface area contributed by atoms with E-state index in [0.29, 0.717) is 47.4 Å². The van der Waals surface area contributed by atoms with Gasteiger partial charge in [-0.2, -0.15) is 4.31 Å². The number of nitrogens with zero attached hydrogens (tertiary/aromatic N) is 2. The van der Waals surface area contributed by atoms with Crippen LogP contribution in [0.3, 0.4) is 0 Å². The summed E-state index contributed by atoms with van der Waals surface area (Å²) in [5.74, 6) is -1.04. The maximum atomic E-state index is 13.2. The third-order valence-corrected chi connectivity index (χ3v) is 9.53. The maximum absolute atomic E-state index is 13.2. The van der Waals surface area contributed by atoms with E-state index in [1.807, 2.05) is 0 Å². The molecule has 0 saturated carbocycles. The Morgan fingerprint density at radius 3 is 2.55 bits per heavy atom. The number of nitrogens with one attached hydrogen (secondary N) is 1. The number of thiophene rings is 1. The number of carbonyl (C=O) groups is 2. The number of sulfonamides is 1. The minimum Gasteiger partial charge on any atom is -0.365 e. The highest BCUT2D eigenvalue weighted by atomic mass is 35.5. The molecule has 0 spiro atoms. The predicted molar refractivity (Wildman–Crippen MR) is 129 cm³/mol. The van der Waals surface area contributed by atoms with Crippen molar-refractivity contribution < 1.29 is 18.0 Å². The van der Waals surface area contributed by atoms with Gasteiger partial charge >= 0.3 is 0 Å². The molecule has 1 saturated heterocycles. The first-order chi connectivity index (χ1) is 15.6. The molecular weight excluding hydrogens is 484 g/mol. The Kier molecular flexibility index (Phi) is 6.84. The van der Waals surface area contributed by atoms with Crippen molar-refractivity contribution in [2.75, 3.05) is 18.4 Å². The van der Waals surface area contributed by atoms with Gasteiger partial charge in [-0.05, 0) is 62.9 Å². The van der Waals surface area contributed by atoms with Crippen LogP contribution in [0.1, 0.15) is 47.5 Å². The molecular formula is C22H27ClN4O4S2. The van der Waals surface area contributed by atoms with E-state index < -0.39 is 27.9 Å². The summed E-state index contributed by atoms with van der Waals surface area (Å²) in [4.78, 5) is 28.9. The van der Waals surface area contributed by atoms with E-state index in [4.69, 9.17) is 17.3 Å². The predicted octanol–water partition coefficient (Wildman–Crippen LogP) is 3.06. The van der Waals surface area contributed by atoms with Crippen LogP contribution in [0.4, 0.5) is 5.00 Å². The van der Waals surface area contributed by atoms with Gasteiger partial charge in [0.05, 0.1) is 10.5 Å². The maximum Gasteiger partial charge on any atom is 0.251 e. The fourth-order valence-electron chi connectivity index (χ4n) is 4.44. The van der Waals surface area contributed by atoms with Crippen molar-refractivity contribution in [1.29, 1.82) is 0 Å². The van der Waals surface area contributed by atoms with Crippen molar-refractivity contribution in [3.8, 4) is 0 Å². The van der Waals surface area contributed by atoms with Gasteiger partial charge in [-0.25, -0.2) is 8.42 Å². The summed E-state index contributed by atoms with van der Waals surface area (Å²) in [5.41, 5.74) is 6.91. The highest BCUT2D eigenvalue weighted by molar-refractivity contribution is 7.89. The average Bonchev–Trinajstić information content (AvgIpc) is 3.38. The molecule has 1 fully saturated rings. The summed E-state index contributed by atoms with van der Waals surface area (Å²) in [6.45, 7) is 5.98. The number of hydrogen-bond acceptors (Lipinski definition) is 6. The first kappa shape index (κ1) is 24.2. The van der Waals surface area contributed by atoms with Gasteiger partial charge in [0.15, 0.2) is 0 Å². The number of fused-ring (bicyclic) bond motifs is 1. The molecule has 33 heavy (non-hydrogen) atoms. The molecule has 178 valence electrons. The number of rotatable bonds is 6. The molecule has 2 aliphatic rings. The molecule has 0 aliphatic carbocycles. The Hall–Kier alpha value is -1.98. The van der Waals surface area contributed by atoms with E-state index in [1.54, 1.807) is 0 Å². The second-order valence-corrected chi connectivity index (χ2v) is 12.0. The molecule has 2 amide bonds. The van der Waals surface area contributed by atoms with E-state index in [-0.39, 0.29) is 11.4 Å². The van der Waals surface area contributed by atoms with Crippen LogP contribution in [0.2, 0.25) is 5.02 Å². The Bertz CT molecular complexity index is 1180. The van der Waals surface area contributed by atoms with Gasteiger partial charge in [0, 0.05) is 35.6 Å². The Morgan fingerprint density at radius 1 is 1.21 bits per heavy atom. The average molecular weight is 511 g/mol. The van der Waals surface area contributed by atoms with Gasteiger partial charge in [0.25, 0.3) is 5.91 Å². The lowest BCUT2D eigenvalue weighted by molar-refractivity contribution is -0.119. The van der Waals surface area contributed by atoms with Crippen molar-refractivity contribution in [3.05, 3.63) is 45.3 Å². The number of amides is 2. The van der Waals surface area contributed by atoms with Crippen molar-refractivity contribution in [1.82, 2.24) is 9.21 Å². The van der Waals surface area contributed by atoms with Gasteiger partial charge in [-0.15, -0.1) is 11.3 Å². The molecule has 1 atom stereocenters. The molecule has 0 bridgehead atoms. The van der Waals surface area contributed by atoms with Crippen LogP contribution in [0.15, 0.2) is 29.2 Å². The summed E-state index contributed by atoms with van der Waals surface area (Å²) in [5, 5.41) is 3.66. The topological polar surface area (TPSA) is 113 Å². The van der Waals surface area contributed by atoms with Crippen LogP contribution >= 0.6 is 22.9 Å². The monoisotopic (exact) mass is 510 g/mol. The number of halogens is 1. The molecule has 4 rings (SSSR count). The normalized spacial score (nSPS) is 19.6. The van der Waals surface area contributed by atoms with Crippen molar-refractivity contribution in [3.63, 3.8) is 0 Å². The van der Waals surface area contributed by atoms with E-state index in [9.17, 15) is 18.0 Å². The fraction of sp³-hybridized carbons (Fsp3) is 0.455. The Labute approximate surface area is 202 Å². The molecule has 3 heterocycles. The quantitative estimate of drug-likeness (QED) is 0.620. The first-order valence-electron chi connectivity index (χ1n) is 10.9. The molecule has 0 radical (unpaired) electrons. The lowest BCUT2D eigenvalue weighted by Gasteiger charge is -2.30. The van der Waals surface area contributed by atoms with E-state index >= 15 is 0 Å². The lowest BCUT2D eigenvalue weighted by atomic mass is 10.0. The minimum absolute atomic E-state index is 0.0878. The molecule has 8 nitrogen and oxygen atoms in total. The zero-order valence-corrected chi connectivity index (χ0v) is 20.9. The van der Waals surface area contributed by atoms with Crippen molar-refractivity contribution in [2.45, 2.75) is 56.6 Å². The van der Waals surface area contributed by atoms with Crippen LogP contribution in [0, 0.1) is 0 Å². The summed E-state index contributed by atoms with van der Waals surface area (Å²) in [6.07, 6.45) is 1.65. The van der Waals surface area contributed by atoms with Crippen LogP contribution in [-0.4, -0.2) is 54.6 Å². The van der Waals surface area contributed by atoms with Gasteiger partial charge in [-0.3, -0.25) is 14.5 Å². The van der Waals surface area contributed by atoms with E-state index in [2.05, 4.69) is 24.1 Å². The molecule has 1 aromatic heterocycles. The van der Waals surface area contributed by atoms with Crippen LogP contribution in [-0.2, 0) is 27.8 Å². The number of nitrogens with two attached hydrogens (primary N) is 1. The van der Waals surface area contributed by atoms with Crippen LogP contribution in [0.25, 0.3) is 0 Å². The van der Waals surface area contributed by atoms with Gasteiger partial charge in [-0.1, -0.05) is 11.6 Å². The summed E-state index contributed by atoms with van der Waals surface area (Å²) < 4.78 is 27.6. The van der Waals surface area contributed by atoms with Crippen molar-refractivity contribution in [2.24, 2.45) is 5.73 Å². The van der Waals surface area contributed by atoms with Crippen LogP contribution in [0.5, 0.6) is 0 Å². The zero-order valence-electron chi connectivity index (χ0n) is 18.5. The van der Waals surface area contributed by atoms with Gasteiger partial charge in [0.1, 0.15) is 11.0 Å². The number of primary amides is 1. The molecule has 2 aliphatic heterocycles. The SMILES string of the molecule is CC(C)N1CCc2c(sc(NC(=O)C3CCCN3S(=O)(=O)c3ccc(Cl)cc3)c2C(N)=O)C1. The third-order valence-electron chi connectivity index (χ3n) is 6.23. The first-order valence-corrected chi connectivity index (χ1v) is 13.5. The summed E-state index contributed by atoms with van der Waals surface area (Å²) in [7, 11) is -3.87. The standard InChI is InChI=1S/C22H27ClN4O4S2/c1-13(2)26-11-9-16-18(12-26)32-22(19(16)20(24)28)25-21(29)17-4-3-10-27(17)33(30,31)15-7-5-14(23)6-8-15/h5-8,13,17H,3-4,9-12H2,1-2H3,(H2,24,28)(H,25,29). The Balaban J connectivity index is 1.59. The van der Waals surface area contributed by atoms with Gasteiger partial charge < -0.3 is 11.1 Å². The largest absolute Gasteiger partial charge is 0.365 e. The van der Waals surface area contributed by atoms with E-state index in [0.717, 1.165) is 17.0 Å². The number of anilines is 1. The fourth-order valence-corrected chi connectivity index (χ4v) is 7.50. The highest BCUT2D eigenvalue weighted by Gasteiger charge is 2.40. The number of hydrogen-bond donors (Lipinski definition) is 2. The molecule has 3 N–H and O–H groups in total. The minimum atomic E-state index is -3.87. The molecule has 1 aromatic carbocycles. The van der Waals surface area contributed by atoms with Gasteiger partial charge in [0.2, 0.25) is 15.9 Å². The number of carbonyl (C=O) groups excluding carboxylic acids is 2. The lowest BCUT2D eigenvalue weighted by Crippen LogP contribution is -2.43. The second kappa shape index (κ2) is 9.34. The molecule has 2 aromatic rings. The molecule has 11 heteroatoms. The smallest absolute Gasteiger partial charge is 0.251 e. The third kappa shape index (κ3) is 4.67. The zero-order chi connectivity index (χ0) is 23.9. The summed E-state index contributed by atoms with van der Waals surface area (Å²) in [6, 6.07) is 5.39. The van der Waals surface area contributed by atoms with Crippen LogP contribution < -0.4 is 11.1 Å². The second-order valence-electron chi connectivity index (χ2n) is 8.60. The highest BCUT2D eigenvalue weighted by Crippen LogP contribution is 2.38.